The zero-order valence-corrected chi connectivity index (χ0v) is 7.47. The van der Waals surface area contributed by atoms with Crippen LogP contribution in [0.5, 0.6) is 5.75 Å². The van der Waals surface area contributed by atoms with Gasteiger partial charge in [-0.25, -0.2) is 4.98 Å². The number of nitriles is 1. The molecule has 0 amide bonds. The Labute approximate surface area is 77.5 Å². The summed E-state index contributed by atoms with van der Waals surface area (Å²) in [5.41, 5.74) is 1.06. The maximum absolute atomic E-state index is 8.86. The van der Waals surface area contributed by atoms with Crippen LogP contribution in [-0.4, -0.2) is 10.1 Å². The Kier molecular flexibility index (Phi) is 3.70. The first-order valence-corrected chi connectivity index (χ1v) is 2.80. The standard InChI is InChI=1S/C7H6N2O.Rh/c1-5-2-6(10)4-9-7(5)3-8;/h2,4,10H,1H3;. The molecular formula is C7H6N2ORh. The predicted molar refractivity (Wildman–Crippen MR) is 35.4 cm³/mol. The Morgan fingerprint density at radius 2 is 2.27 bits per heavy atom. The van der Waals surface area contributed by atoms with E-state index in [2.05, 4.69) is 4.98 Å². The first-order chi connectivity index (χ1) is 4.74. The molecule has 0 unspecified atom stereocenters. The van der Waals surface area contributed by atoms with Gasteiger partial charge in [-0.05, 0) is 18.6 Å². The minimum atomic E-state index is 0. The van der Waals surface area contributed by atoms with Crippen LogP contribution in [0.3, 0.4) is 0 Å². The van der Waals surface area contributed by atoms with Gasteiger partial charge in [0.05, 0.1) is 6.20 Å². The number of pyridine rings is 1. The third-order valence-electron chi connectivity index (χ3n) is 1.17. The van der Waals surface area contributed by atoms with Crippen LogP contribution in [0.4, 0.5) is 0 Å². The molecule has 0 aliphatic heterocycles. The number of aromatic hydroxyl groups is 1. The summed E-state index contributed by atoms with van der Waals surface area (Å²) in [4.78, 5) is 3.69. The van der Waals surface area contributed by atoms with Gasteiger partial charge in [0.25, 0.3) is 0 Å². The predicted octanol–water partition coefficient (Wildman–Crippen LogP) is 0.965. The van der Waals surface area contributed by atoms with Crippen LogP contribution in [0.2, 0.25) is 0 Å². The quantitative estimate of drug-likeness (QED) is 0.684. The Hall–Kier alpha value is -0.937. The van der Waals surface area contributed by atoms with Gasteiger partial charge < -0.3 is 5.11 Å². The molecule has 1 aromatic rings. The first kappa shape index (κ1) is 10.1. The fourth-order valence-electron chi connectivity index (χ4n) is 0.677. The molecule has 1 radical (unpaired) electrons. The molecule has 0 aliphatic rings. The average molecular weight is 237 g/mol. The number of hydrogen-bond donors (Lipinski definition) is 1. The number of nitrogens with zero attached hydrogens (tertiary/aromatic N) is 2. The molecular weight excluding hydrogens is 231 g/mol. The van der Waals surface area contributed by atoms with Gasteiger partial charge in [-0.15, -0.1) is 0 Å². The van der Waals surface area contributed by atoms with E-state index >= 15 is 0 Å². The van der Waals surface area contributed by atoms with Crippen molar-refractivity contribution in [1.29, 1.82) is 5.26 Å². The number of rotatable bonds is 0. The van der Waals surface area contributed by atoms with Gasteiger partial charge in [-0.3, -0.25) is 0 Å². The molecule has 0 aliphatic carbocycles. The topological polar surface area (TPSA) is 56.9 Å². The van der Waals surface area contributed by atoms with Gasteiger partial charge in [0.15, 0.2) is 0 Å². The van der Waals surface area contributed by atoms with E-state index < -0.39 is 0 Å². The van der Waals surface area contributed by atoms with Crippen molar-refractivity contribution < 1.29 is 24.6 Å². The minimum Gasteiger partial charge on any atom is -0.506 e. The van der Waals surface area contributed by atoms with Crippen LogP contribution in [0.1, 0.15) is 11.3 Å². The van der Waals surface area contributed by atoms with Crippen LogP contribution in [0.25, 0.3) is 0 Å². The summed E-state index contributed by atoms with van der Waals surface area (Å²) in [6, 6.07) is 3.41. The number of aryl methyl sites for hydroxylation is 1. The number of hydrogen-bond acceptors (Lipinski definition) is 3. The average Bonchev–Trinajstić information content (AvgIpc) is 1.88. The maximum atomic E-state index is 8.86. The molecule has 0 atom stereocenters. The van der Waals surface area contributed by atoms with Crippen LogP contribution < -0.4 is 0 Å². The largest absolute Gasteiger partial charge is 0.506 e. The van der Waals surface area contributed by atoms with E-state index in [0.717, 1.165) is 0 Å². The SMILES string of the molecule is Cc1cc(O)cnc1C#N.[Rh]. The molecule has 1 rings (SSSR count). The van der Waals surface area contributed by atoms with E-state index in [1.165, 1.54) is 12.3 Å². The second-order valence-electron chi connectivity index (χ2n) is 1.97. The summed E-state index contributed by atoms with van der Waals surface area (Å²) in [5.74, 6) is 0.0940. The van der Waals surface area contributed by atoms with Crippen LogP contribution in [-0.2, 0) is 19.5 Å². The smallest absolute Gasteiger partial charge is 0.143 e. The monoisotopic (exact) mass is 237 g/mol. The molecule has 1 heterocycles. The molecule has 1 N–H and O–H groups in total. The van der Waals surface area contributed by atoms with Crippen LogP contribution >= 0.6 is 0 Å². The van der Waals surface area contributed by atoms with Gasteiger partial charge in [0.2, 0.25) is 0 Å². The first-order valence-electron chi connectivity index (χ1n) is 2.80. The van der Waals surface area contributed by atoms with Crippen molar-refractivity contribution >= 4 is 0 Å². The molecule has 0 saturated carbocycles. The van der Waals surface area contributed by atoms with E-state index in [1.54, 1.807) is 6.92 Å². The van der Waals surface area contributed by atoms with Crippen molar-refractivity contribution in [1.82, 2.24) is 4.98 Å². The van der Waals surface area contributed by atoms with Crippen molar-refractivity contribution in [2.45, 2.75) is 6.92 Å². The van der Waals surface area contributed by atoms with Crippen molar-refractivity contribution in [3.8, 4) is 11.8 Å². The van der Waals surface area contributed by atoms with Crippen LogP contribution in [0, 0.1) is 18.3 Å². The molecule has 0 spiro atoms. The Balaban J connectivity index is 0.000001000. The summed E-state index contributed by atoms with van der Waals surface area (Å²) in [6.07, 6.45) is 1.26. The molecule has 0 fully saturated rings. The Bertz CT molecular complexity index is 293. The van der Waals surface area contributed by atoms with Gasteiger partial charge in [0.1, 0.15) is 17.5 Å². The molecule has 11 heavy (non-hydrogen) atoms. The zero-order chi connectivity index (χ0) is 7.56. The third-order valence-corrected chi connectivity index (χ3v) is 1.17. The van der Waals surface area contributed by atoms with E-state index in [9.17, 15) is 0 Å². The van der Waals surface area contributed by atoms with Gasteiger partial charge in [0, 0.05) is 19.5 Å². The van der Waals surface area contributed by atoms with Gasteiger partial charge in [-0.2, -0.15) is 5.26 Å². The fourth-order valence-corrected chi connectivity index (χ4v) is 0.677. The second-order valence-corrected chi connectivity index (χ2v) is 1.97. The molecule has 0 saturated heterocycles. The van der Waals surface area contributed by atoms with Gasteiger partial charge >= 0.3 is 0 Å². The zero-order valence-electron chi connectivity index (χ0n) is 5.83. The summed E-state index contributed by atoms with van der Waals surface area (Å²) in [6.45, 7) is 1.73. The molecule has 0 bridgehead atoms. The second kappa shape index (κ2) is 4.05. The van der Waals surface area contributed by atoms with E-state index in [-0.39, 0.29) is 25.2 Å². The molecule has 0 aromatic carbocycles. The number of aromatic nitrogens is 1. The fraction of sp³-hybridized carbons (Fsp3) is 0.143. The third kappa shape index (κ3) is 2.29. The Morgan fingerprint density at radius 1 is 1.64 bits per heavy atom. The van der Waals surface area contributed by atoms with Gasteiger partial charge in [-0.1, -0.05) is 0 Å². The Morgan fingerprint density at radius 3 is 2.73 bits per heavy atom. The summed E-state index contributed by atoms with van der Waals surface area (Å²) in [7, 11) is 0. The summed E-state index contributed by atoms with van der Waals surface area (Å²) >= 11 is 0. The molecule has 1 aromatic heterocycles. The van der Waals surface area contributed by atoms with E-state index in [4.69, 9.17) is 10.4 Å². The maximum Gasteiger partial charge on any atom is 0.143 e. The van der Waals surface area contributed by atoms with Crippen LogP contribution in [0.15, 0.2) is 12.3 Å². The van der Waals surface area contributed by atoms with Crippen molar-refractivity contribution in [2.75, 3.05) is 0 Å². The molecule has 59 valence electrons. The van der Waals surface area contributed by atoms with E-state index in [0.29, 0.717) is 11.3 Å². The van der Waals surface area contributed by atoms with Crippen molar-refractivity contribution in [3.63, 3.8) is 0 Å². The summed E-state index contributed by atoms with van der Waals surface area (Å²) in [5, 5.41) is 17.3. The summed E-state index contributed by atoms with van der Waals surface area (Å²) < 4.78 is 0. The normalized spacial score (nSPS) is 8.00. The van der Waals surface area contributed by atoms with E-state index in [1.807, 2.05) is 6.07 Å². The van der Waals surface area contributed by atoms with Crippen molar-refractivity contribution in [2.24, 2.45) is 0 Å². The van der Waals surface area contributed by atoms with Crippen molar-refractivity contribution in [3.05, 3.63) is 23.5 Å². The minimum absolute atomic E-state index is 0. The molecule has 4 heteroatoms. The molecule has 3 nitrogen and oxygen atoms in total.